The van der Waals surface area contributed by atoms with Gasteiger partial charge in [0, 0.05) is 8.95 Å². The Morgan fingerprint density at radius 1 is 1.09 bits per heavy atom. The number of carbonyl (C=O) groups excluding carboxylic acids is 1. The fraction of sp³-hybridized carbons (Fsp3) is 0.235. The van der Waals surface area contributed by atoms with Gasteiger partial charge in [-0.15, -0.1) is 0 Å². The topological polar surface area (TPSA) is 38.3 Å². The molecule has 0 radical (unpaired) electrons. The van der Waals surface area contributed by atoms with E-state index in [9.17, 15) is 4.79 Å². The number of nitrogens with one attached hydrogen (secondary N) is 1. The molecule has 3 rings (SSSR count). The van der Waals surface area contributed by atoms with E-state index in [-0.39, 0.29) is 12.5 Å². The van der Waals surface area contributed by atoms with Crippen LogP contribution in [-0.4, -0.2) is 12.5 Å². The van der Waals surface area contributed by atoms with Crippen LogP contribution in [-0.2, 0) is 17.6 Å². The van der Waals surface area contributed by atoms with Crippen LogP contribution >= 0.6 is 31.9 Å². The molecule has 0 saturated heterocycles. The zero-order chi connectivity index (χ0) is 15.5. The van der Waals surface area contributed by atoms with Crippen molar-refractivity contribution < 1.29 is 9.53 Å². The summed E-state index contributed by atoms with van der Waals surface area (Å²) in [7, 11) is 0. The van der Waals surface area contributed by atoms with Gasteiger partial charge in [0.1, 0.15) is 5.75 Å². The molecular weight excluding hydrogens is 410 g/mol. The molecule has 1 aliphatic rings. The number of carbonyl (C=O) groups is 1. The summed E-state index contributed by atoms with van der Waals surface area (Å²) in [6, 6.07) is 11.7. The third-order valence-corrected chi connectivity index (χ3v) is 4.79. The van der Waals surface area contributed by atoms with Gasteiger partial charge >= 0.3 is 0 Å². The molecular formula is C17H15Br2NO2. The molecule has 0 atom stereocenters. The predicted molar refractivity (Wildman–Crippen MR) is 94.4 cm³/mol. The lowest BCUT2D eigenvalue weighted by atomic mass is 10.1. The molecule has 0 heterocycles. The number of fused-ring (bicyclic) bond motifs is 1. The first-order valence-electron chi connectivity index (χ1n) is 7.11. The highest BCUT2D eigenvalue weighted by Gasteiger charge is 2.12. The van der Waals surface area contributed by atoms with Crippen molar-refractivity contribution in [3.05, 3.63) is 56.5 Å². The molecule has 2 aromatic rings. The summed E-state index contributed by atoms with van der Waals surface area (Å²) in [5.41, 5.74) is 3.47. The average molecular weight is 425 g/mol. The Morgan fingerprint density at radius 2 is 1.91 bits per heavy atom. The van der Waals surface area contributed by atoms with E-state index in [2.05, 4.69) is 43.2 Å². The Hall–Kier alpha value is -1.33. The SMILES string of the molecule is O=C(COc1ccc2c(c1)CCC2)Nc1ccc(Br)cc1Br. The number of halogens is 2. The summed E-state index contributed by atoms with van der Waals surface area (Å²) in [5, 5.41) is 2.83. The third kappa shape index (κ3) is 3.70. The average Bonchev–Trinajstić information content (AvgIpc) is 2.95. The summed E-state index contributed by atoms with van der Waals surface area (Å²) in [5.74, 6) is 0.578. The van der Waals surface area contributed by atoms with E-state index in [4.69, 9.17) is 4.74 Å². The molecule has 2 aromatic carbocycles. The van der Waals surface area contributed by atoms with Crippen molar-refractivity contribution in [3.63, 3.8) is 0 Å². The van der Waals surface area contributed by atoms with Crippen molar-refractivity contribution in [2.24, 2.45) is 0 Å². The van der Waals surface area contributed by atoms with Crippen LogP contribution < -0.4 is 10.1 Å². The number of aryl methyl sites for hydroxylation is 2. The van der Waals surface area contributed by atoms with E-state index in [1.807, 2.05) is 30.3 Å². The molecule has 0 spiro atoms. The fourth-order valence-corrected chi connectivity index (χ4v) is 3.71. The standard InChI is InChI=1S/C17H15Br2NO2/c18-13-5-7-16(15(19)9-13)20-17(21)10-22-14-6-4-11-2-1-3-12(11)8-14/h4-9H,1-3,10H2,(H,20,21). The maximum absolute atomic E-state index is 12.0. The van der Waals surface area contributed by atoms with Crippen LogP contribution in [0.2, 0.25) is 0 Å². The van der Waals surface area contributed by atoms with Gasteiger partial charge in [0.15, 0.2) is 6.61 Å². The van der Waals surface area contributed by atoms with Crippen molar-refractivity contribution in [2.75, 3.05) is 11.9 Å². The van der Waals surface area contributed by atoms with E-state index < -0.39 is 0 Å². The first kappa shape index (κ1) is 15.6. The molecule has 22 heavy (non-hydrogen) atoms. The van der Waals surface area contributed by atoms with Gasteiger partial charge in [-0.2, -0.15) is 0 Å². The van der Waals surface area contributed by atoms with Gasteiger partial charge in [-0.1, -0.05) is 22.0 Å². The maximum Gasteiger partial charge on any atom is 0.262 e. The zero-order valence-corrected chi connectivity index (χ0v) is 15.0. The Balaban J connectivity index is 1.58. The van der Waals surface area contributed by atoms with Gasteiger partial charge in [0.2, 0.25) is 0 Å². The Bertz CT molecular complexity index is 716. The lowest BCUT2D eigenvalue weighted by molar-refractivity contribution is -0.118. The maximum atomic E-state index is 12.0. The van der Waals surface area contributed by atoms with E-state index >= 15 is 0 Å². The number of anilines is 1. The molecule has 1 N–H and O–H groups in total. The van der Waals surface area contributed by atoms with Crippen LogP contribution in [0.25, 0.3) is 0 Å². The van der Waals surface area contributed by atoms with Crippen molar-refractivity contribution >= 4 is 43.5 Å². The van der Waals surface area contributed by atoms with Crippen LogP contribution in [0.5, 0.6) is 5.75 Å². The second kappa shape index (κ2) is 6.84. The molecule has 1 amide bonds. The number of benzene rings is 2. The van der Waals surface area contributed by atoms with Gasteiger partial charge in [-0.25, -0.2) is 0 Å². The first-order valence-corrected chi connectivity index (χ1v) is 8.70. The zero-order valence-electron chi connectivity index (χ0n) is 11.9. The van der Waals surface area contributed by atoms with Gasteiger partial charge in [-0.05, 0) is 76.7 Å². The summed E-state index contributed by atoms with van der Waals surface area (Å²) in [6.07, 6.45) is 3.45. The molecule has 3 nitrogen and oxygen atoms in total. The Labute approximate surface area is 146 Å². The minimum Gasteiger partial charge on any atom is -0.484 e. The minimum atomic E-state index is -0.177. The minimum absolute atomic E-state index is 0.00128. The largest absolute Gasteiger partial charge is 0.484 e. The number of hydrogen-bond acceptors (Lipinski definition) is 2. The third-order valence-electron chi connectivity index (χ3n) is 3.65. The van der Waals surface area contributed by atoms with Crippen LogP contribution in [0.3, 0.4) is 0 Å². The summed E-state index contributed by atoms with van der Waals surface area (Å²) < 4.78 is 7.37. The Kier molecular flexibility index (Phi) is 4.84. The molecule has 0 saturated carbocycles. The number of amides is 1. The van der Waals surface area contributed by atoms with Crippen molar-refractivity contribution in [1.29, 1.82) is 0 Å². The molecule has 1 aliphatic carbocycles. The lowest BCUT2D eigenvalue weighted by Crippen LogP contribution is -2.20. The summed E-state index contributed by atoms with van der Waals surface area (Å²) >= 11 is 6.80. The van der Waals surface area contributed by atoms with Gasteiger partial charge in [0.25, 0.3) is 5.91 Å². The summed E-state index contributed by atoms with van der Waals surface area (Å²) in [4.78, 5) is 12.0. The van der Waals surface area contributed by atoms with Gasteiger partial charge in [0.05, 0.1) is 5.69 Å². The molecule has 0 aliphatic heterocycles. The Morgan fingerprint density at radius 3 is 2.73 bits per heavy atom. The highest BCUT2D eigenvalue weighted by Crippen LogP contribution is 2.27. The fourth-order valence-electron chi connectivity index (χ4n) is 2.56. The smallest absolute Gasteiger partial charge is 0.262 e. The van der Waals surface area contributed by atoms with E-state index in [1.54, 1.807) is 0 Å². The highest BCUT2D eigenvalue weighted by atomic mass is 79.9. The molecule has 5 heteroatoms. The van der Waals surface area contributed by atoms with E-state index in [0.29, 0.717) is 0 Å². The van der Waals surface area contributed by atoms with Gasteiger partial charge in [-0.3, -0.25) is 4.79 Å². The molecule has 0 fully saturated rings. The van der Waals surface area contributed by atoms with Crippen LogP contribution in [0.4, 0.5) is 5.69 Å². The number of hydrogen-bond donors (Lipinski definition) is 1. The van der Waals surface area contributed by atoms with Crippen molar-refractivity contribution in [1.82, 2.24) is 0 Å². The highest BCUT2D eigenvalue weighted by molar-refractivity contribution is 9.11. The molecule has 0 bridgehead atoms. The quantitative estimate of drug-likeness (QED) is 0.771. The van der Waals surface area contributed by atoms with Crippen molar-refractivity contribution in [3.8, 4) is 5.75 Å². The van der Waals surface area contributed by atoms with Crippen LogP contribution in [0.1, 0.15) is 17.5 Å². The number of rotatable bonds is 4. The monoisotopic (exact) mass is 423 g/mol. The van der Waals surface area contributed by atoms with E-state index in [1.165, 1.54) is 17.5 Å². The normalized spacial score (nSPS) is 12.8. The molecule has 0 unspecified atom stereocenters. The molecule has 0 aromatic heterocycles. The first-order chi connectivity index (χ1) is 10.6. The van der Waals surface area contributed by atoms with Crippen LogP contribution in [0.15, 0.2) is 45.3 Å². The predicted octanol–water partition coefficient (Wildman–Crippen LogP) is 4.72. The van der Waals surface area contributed by atoms with E-state index in [0.717, 1.165) is 33.2 Å². The van der Waals surface area contributed by atoms with Gasteiger partial charge < -0.3 is 10.1 Å². The second-order valence-electron chi connectivity index (χ2n) is 5.25. The molecule has 114 valence electrons. The lowest BCUT2D eigenvalue weighted by Gasteiger charge is -2.10. The number of ether oxygens (including phenoxy) is 1. The van der Waals surface area contributed by atoms with Crippen LogP contribution in [0, 0.1) is 0 Å². The summed E-state index contributed by atoms with van der Waals surface area (Å²) in [6.45, 7) is 0.00128. The van der Waals surface area contributed by atoms with Crippen molar-refractivity contribution in [2.45, 2.75) is 19.3 Å². The second-order valence-corrected chi connectivity index (χ2v) is 7.02.